The van der Waals surface area contributed by atoms with Gasteiger partial charge in [-0.1, -0.05) is 49.3 Å². The van der Waals surface area contributed by atoms with Crippen molar-refractivity contribution in [3.8, 4) is 11.3 Å². The number of carbonyl (C=O) groups is 1. The lowest BCUT2D eigenvalue weighted by Crippen LogP contribution is -2.17. The normalized spacial score (nSPS) is 10.9. The molecule has 0 spiro atoms. The average Bonchev–Trinajstić information content (AvgIpc) is 3.15. The summed E-state index contributed by atoms with van der Waals surface area (Å²) in [5.74, 6) is 0.981. The summed E-state index contributed by atoms with van der Waals surface area (Å²) in [5, 5.41) is 11.6. The predicted octanol–water partition coefficient (Wildman–Crippen LogP) is 3.76. The summed E-state index contributed by atoms with van der Waals surface area (Å²) in [6.07, 6.45) is 1.63. The molecule has 0 fully saturated rings. The molecule has 1 amide bonds. The number of amides is 1. The highest BCUT2D eigenvalue weighted by molar-refractivity contribution is 6.08. The molecule has 130 valence electrons. The van der Waals surface area contributed by atoms with Crippen LogP contribution in [0.25, 0.3) is 11.3 Å². The number of nitrogens with zero attached hydrogens (tertiary/aromatic N) is 3. The Morgan fingerprint density at radius 1 is 1.20 bits per heavy atom. The molecule has 0 unspecified atom stereocenters. The van der Waals surface area contributed by atoms with Crippen LogP contribution in [0.1, 0.15) is 41.2 Å². The molecular weight excluding hydrogens is 316 g/mol. The fourth-order valence-electron chi connectivity index (χ4n) is 3.04. The van der Waals surface area contributed by atoms with E-state index >= 15 is 0 Å². The molecule has 0 saturated carbocycles. The van der Waals surface area contributed by atoms with E-state index in [1.54, 1.807) is 11.6 Å². The standard InChI is InChI=1S/C19H22N4O2/c1-5-14-15(6-2)21-23(4)18(14)20-19(24)16-12(3)25-22-17(16)13-10-8-7-9-11-13/h7-11H,5-6H2,1-4H3,(H,20,24). The zero-order chi connectivity index (χ0) is 18.0. The van der Waals surface area contributed by atoms with Gasteiger partial charge in [-0.25, -0.2) is 0 Å². The van der Waals surface area contributed by atoms with E-state index in [4.69, 9.17) is 4.52 Å². The van der Waals surface area contributed by atoms with Gasteiger partial charge in [0.05, 0.1) is 5.69 Å². The van der Waals surface area contributed by atoms with E-state index in [-0.39, 0.29) is 5.91 Å². The molecule has 0 aliphatic heterocycles. The van der Waals surface area contributed by atoms with Gasteiger partial charge in [0.25, 0.3) is 5.91 Å². The molecule has 0 bridgehead atoms. The molecular formula is C19H22N4O2. The van der Waals surface area contributed by atoms with Crippen molar-refractivity contribution in [1.82, 2.24) is 14.9 Å². The van der Waals surface area contributed by atoms with E-state index < -0.39 is 0 Å². The highest BCUT2D eigenvalue weighted by atomic mass is 16.5. The number of aryl methyl sites for hydroxylation is 3. The van der Waals surface area contributed by atoms with Crippen LogP contribution >= 0.6 is 0 Å². The smallest absolute Gasteiger partial charge is 0.262 e. The van der Waals surface area contributed by atoms with Crippen LogP contribution in [-0.2, 0) is 19.9 Å². The van der Waals surface area contributed by atoms with Gasteiger partial charge >= 0.3 is 0 Å². The summed E-state index contributed by atoms with van der Waals surface area (Å²) in [5.41, 5.74) is 3.91. The van der Waals surface area contributed by atoms with Crippen molar-refractivity contribution >= 4 is 11.7 Å². The maximum Gasteiger partial charge on any atom is 0.262 e. The summed E-state index contributed by atoms with van der Waals surface area (Å²) in [4.78, 5) is 13.0. The van der Waals surface area contributed by atoms with Crippen LogP contribution in [0.3, 0.4) is 0 Å². The Hall–Kier alpha value is -2.89. The summed E-state index contributed by atoms with van der Waals surface area (Å²) in [6.45, 7) is 5.87. The molecule has 0 aliphatic carbocycles. The van der Waals surface area contributed by atoms with Gasteiger partial charge in [-0.15, -0.1) is 0 Å². The first kappa shape index (κ1) is 17.0. The lowest BCUT2D eigenvalue weighted by Gasteiger charge is -2.08. The van der Waals surface area contributed by atoms with E-state index in [1.165, 1.54) is 0 Å². The number of carbonyl (C=O) groups excluding carboxylic acids is 1. The summed E-state index contributed by atoms with van der Waals surface area (Å²) >= 11 is 0. The van der Waals surface area contributed by atoms with Crippen molar-refractivity contribution in [2.24, 2.45) is 7.05 Å². The maximum atomic E-state index is 13.0. The fraction of sp³-hybridized carbons (Fsp3) is 0.316. The van der Waals surface area contributed by atoms with Gasteiger partial charge in [0.1, 0.15) is 22.8 Å². The topological polar surface area (TPSA) is 73.0 Å². The molecule has 0 saturated heterocycles. The van der Waals surface area contributed by atoms with Crippen LogP contribution in [0.4, 0.5) is 5.82 Å². The Balaban J connectivity index is 1.99. The first-order valence-corrected chi connectivity index (χ1v) is 8.44. The van der Waals surface area contributed by atoms with E-state index in [2.05, 4.69) is 29.4 Å². The second-order valence-corrected chi connectivity index (χ2v) is 5.89. The molecule has 0 atom stereocenters. The van der Waals surface area contributed by atoms with Crippen LogP contribution in [0, 0.1) is 6.92 Å². The van der Waals surface area contributed by atoms with Gasteiger partial charge in [0, 0.05) is 18.2 Å². The number of hydrogen-bond donors (Lipinski definition) is 1. The molecule has 1 N–H and O–H groups in total. The third kappa shape index (κ3) is 3.07. The van der Waals surface area contributed by atoms with Gasteiger partial charge in [-0.05, 0) is 19.8 Å². The highest BCUT2D eigenvalue weighted by Crippen LogP contribution is 2.27. The van der Waals surface area contributed by atoms with E-state index in [9.17, 15) is 4.79 Å². The number of aromatic nitrogens is 3. The molecule has 6 nitrogen and oxygen atoms in total. The fourth-order valence-corrected chi connectivity index (χ4v) is 3.04. The van der Waals surface area contributed by atoms with E-state index in [0.717, 1.165) is 35.5 Å². The minimum absolute atomic E-state index is 0.238. The highest BCUT2D eigenvalue weighted by Gasteiger charge is 2.24. The first-order chi connectivity index (χ1) is 12.1. The Morgan fingerprint density at radius 2 is 1.92 bits per heavy atom. The van der Waals surface area contributed by atoms with Crippen LogP contribution in [0.5, 0.6) is 0 Å². The Morgan fingerprint density at radius 3 is 2.56 bits per heavy atom. The quantitative estimate of drug-likeness (QED) is 0.769. The van der Waals surface area contributed by atoms with Gasteiger partial charge in [-0.3, -0.25) is 9.48 Å². The number of rotatable bonds is 5. The number of anilines is 1. The monoisotopic (exact) mass is 338 g/mol. The summed E-state index contributed by atoms with van der Waals surface area (Å²) < 4.78 is 7.01. The lowest BCUT2D eigenvalue weighted by molar-refractivity contribution is 0.102. The summed E-state index contributed by atoms with van der Waals surface area (Å²) in [7, 11) is 1.84. The van der Waals surface area contributed by atoms with E-state index in [0.29, 0.717) is 17.0 Å². The van der Waals surface area contributed by atoms with E-state index in [1.807, 2.05) is 37.4 Å². The van der Waals surface area contributed by atoms with Crippen molar-refractivity contribution in [3.63, 3.8) is 0 Å². The van der Waals surface area contributed by atoms with Gasteiger partial charge in [0.2, 0.25) is 0 Å². The SMILES string of the molecule is CCc1nn(C)c(NC(=O)c2c(-c3ccccc3)noc2C)c1CC. The van der Waals surface area contributed by atoms with Crippen molar-refractivity contribution < 1.29 is 9.32 Å². The van der Waals surface area contributed by atoms with Crippen molar-refractivity contribution in [2.75, 3.05) is 5.32 Å². The zero-order valence-corrected chi connectivity index (χ0v) is 15.0. The Kier molecular flexibility index (Phi) is 4.70. The van der Waals surface area contributed by atoms with Gasteiger partial charge in [0.15, 0.2) is 0 Å². The molecule has 1 aromatic carbocycles. The molecule has 2 heterocycles. The van der Waals surface area contributed by atoms with Crippen LogP contribution < -0.4 is 5.32 Å². The third-order valence-corrected chi connectivity index (χ3v) is 4.29. The molecule has 3 rings (SSSR count). The Bertz CT molecular complexity index is 894. The van der Waals surface area contributed by atoms with Crippen molar-refractivity contribution in [3.05, 3.63) is 52.9 Å². The van der Waals surface area contributed by atoms with Gasteiger partial charge in [-0.2, -0.15) is 5.10 Å². The minimum atomic E-state index is -0.238. The first-order valence-electron chi connectivity index (χ1n) is 8.44. The molecule has 25 heavy (non-hydrogen) atoms. The second-order valence-electron chi connectivity index (χ2n) is 5.89. The summed E-state index contributed by atoms with van der Waals surface area (Å²) in [6, 6.07) is 9.55. The molecule has 2 aromatic heterocycles. The lowest BCUT2D eigenvalue weighted by atomic mass is 10.1. The third-order valence-electron chi connectivity index (χ3n) is 4.29. The average molecular weight is 338 g/mol. The molecule has 3 aromatic rings. The van der Waals surface area contributed by atoms with Crippen LogP contribution in [0.15, 0.2) is 34.9 Å². The number of nitrogens with one attached hydrogen (secondary N) is 1. The zero-order valence-electron chi connectivity index (χ0n) is 15.0. The van der Waals surface area contributed by atoms with Gasteiger partial charge < -0.3 is 9.84 Å². The molecule has 0 aliphatic rings. The van der Waals surface area contributed by atoms with Crippen molar-refractivity contribution in [1.29, 1.82) is 0 Å². The second kappa shape index (κ2) is 6.93. The van der Waals surface area contributed by atoms with Crippen LogP contribution in [0.2, 0.25) is 0 Å². The van der Waals surface area contributed by atoms with Crippen molar-refractivity contribution in [2.45, 2.75) is 33.6 Å². The van der Waals surface area contributed by atoms with Crippen LogP contribution in [-0.4, -0.2) is 20.8 Å². The largest absolute Gasteiger partial charge is 0.360 e. The number of hydrogen-bond acceptors (Lipinski definition) is 4. The molecule has 6 heteroatoms. The molecule has 0 radical (unpaired) electrons. The predicted molar refractivity (Wildman–Crippen MR) is 96.6 cm³/mol. The Labute approximate surface area is 146 Å². The minimum Gasteiger partial charge on any atom is -0.360 e. The number of benzene rings is 1. The maximum absolute atomic E-state index is 13.0.